The summed E-state index contributed by atoms with van der Waals surface area (Å²) < 4.78 is 21.6. The van der Waals surface area contributed by atoms with Gasteiger partial charge in [-0.2, -0.15) is 0 Å². The number of pyridine rings is 1. The minimum absolute atomic E-state index is 0.263. The van der Waals surface area contributed by atoms with E-state index in [2.05, 4.69) is 10.3 Å². The first-order chi connectivity index (χ1) is 19.0. The molecule has 12 N–H and O–H groups in total. The zero-order valence-electron chi connectivity index (χ0n) is 21.2. The van der Waals surface area contributed by atoms with Crippen LogP contribution in [-0.2, 0) is 18.9 Å². The van der Waals surface area contributed by atoms with E-state index in [9.17, 15) is 56.2 Å². The maximum atomic E-state index is 10.7. The summed E-state index contributed by atoms with van der Waals surface area (Å²) in [6.07, 6.45) is -22.7. The Bertz CT molecular complexity index is 870. The predicted octanol–water partition coefficient (Wildman–Crippen LogP) is -6.42. The highest BCUT2D eigenvalue weighted by atomic mass is 16.7. The highest BCUT2D eigenvalue weighted by molar-refractivity contribution is 5.33. The zero-order valence-corrected chi connectivity index (χ0v) is 21.2. The first-order valence-corrected chi connectivity index (χ1v) is 12.6. The molecule has 1 aromatic rings. The van der Waals surface area contributed by atoms with Gasteiger partial charge in [-0.15, -0.1) is 0 Å². The quantitative estimate of drug-likeness (QED) is 0.103. The molecular formula is C23H38N2O15. The van der Waals surface area contributed by atoms with Gasteiger partial charge in [0.1, 0.15) is 73.0 Å². The Balaban J connectivity index is 1.69. The van der Waals surface area contributed by atoms with Crippen LogP contribution >= 0.6 is 0 Å². The number of aromatic nitrogens is 1. The van der Waals surface area contributed by atoms with Crippen LogP contribution in [0, 0.1) is 0 Å². The van der Waals surface area contributed by atoms with Crippen LogP contribution in [0.4, 0.5) is 5.82 Å². The van der Waals surface area contributed by atoms with E-state index in [1.54, 1.807) is 18.2 Å². The Hall–Kier alpha value is -1.65. The van der Waals surface area contributed by atoms with Gasteiger partial charge in [0.2, 0.25) is 0 Å². The van der Waals surface area contributed by atoms with Gasteiger partial charge in [0, 0.05) is 12.7 Å². The molecule has 2 aliphatic rings. The van der Waals surface area contributed by atoms with Crippen molar-refractivity contribution in [3.05, 3.63) is 24.4 Å². The number of hydrogen-bond acceptors (Lipinski definition) is 17. The molecule has 0 bridgehead atoms. The number of aliphatic hydroxyl groups is 11. The summed E-state index contributed by atoms with van der Waals surface area (Å²) in [6.45, 7) is -2.80. The van der Waals surface area contributed by atoms with E-state index < -0.39 is 106 Å². The summed E-state index contributed by atoms with van der Waals surface area (Å²) in [4.78, 5) is 4.00. The topological polar surface area (TPSA) is 284 Å². The third kappa shape index (κ3) is 7.59. The van der Waals surface area contributed by atoms with Gasteiger partial charge >= 0.3 is 0 Å². The van der Waals surface area contributed by atoms with Crippen molar-refractivity contribution in [1.82, 2.24) is 4.98 Å². The van der Waals surface area contributed by atoms with Crippen LogP contribution in [0.2, 0.25) is 0 Å². The normalized spacial score (nSPS) is 37.9. The van der Waals surface area contributed by atoms with E-state index in [1.807, 2.05) is 0 Å². The molecular weight excluding hydrogens is 544 g/mol. The van der Waals surface area contributed by atoms with Crippen LogP contribution < -0.4 is 5.32 Å². The van der Waals surface area contributed by atoms with Crippen molar-refractivity contribution in [1.29, 1.82) is 0 Å². The summed E-state index contributed by atoms with van der Waals surface area (Å²) in [5, 5.41) is 114. The monoisotopic (exact) mass is 582 g/mol. The summed E-state index contributed by atoms with van der Waals surface area (Å²) >= 11 is 0. The standard InChI is InChI=1S/C23H38N2O15/c26-6-10(30)20(14(31)9(29)5-25-13-3-1-2-4-24-13)39-23-19(36)17(34)21(12(8-28)38-23)40-22-18(35)16(33)15(32)11(7-27)37-22/h1-4,9-12,14-23,26-36H,5-8H2,(H,24,25)/t9-,10+,11+,12+,14+,15-,16-,17+,18+,19+,20+,21-,22+,23-/m0/s1. The number of nitrogens with zero attached hydrogens (tertiary/aromatic N) is 1. The maximum Gasteiger partial charge on any atom is 0.187 e. The van der Waals surface area contributed by atoms with Crippen molar-refractivity contribution >= 4 is 5.82 Å². The van der Waals surface area contributed by atoms with Gasteiger partial charge in [0.05, 0.1) is 25.9 Å². The Morgan fingerprint density at radius 2 is 1.45 bits per heavy atom. The number of nitrogens with one attached hydrogen (secondary N) is 1. The Labute approximate surface area is 228 Å². The van der Waals surface area contributed by atoms with Crippen molar-refractivity contribution in [2.24, 2.45) is 0 Å². The Kier molecular flexibility index (Phi) is 12.3. The second kappa shape index (κ2) is 15.0. The molecule has 0 aromatic carbocycles. The van der Waals surface area contributed by atoms with Gasteiger partial charge in [0.25, 0.3) is 0 Å². The second-order valence-electron chi connectivity index (χ2n) is 9.51. The fraction of sp³-hybridized carbons (Fsp3) is 0.783. The van der Waals surface area contributed by atoms with Crippen LogP contribution in [0.3, 0.4) is 0 Å². The predicted molar refractivity (Wildman–Crippen MR) is 129 cm³/mol. The van der Waals surface area contributed by atoms with Crippen molar-refractivity contribution in [3.63, 3.8) is 0 Å². The summed E-state index contributed by atoms with van der Waals surface area (Å²) in [7, 11) is 0. The average molecular weight is 583 g/mol. The maximum absolute atomic E-state index is 10.7. The van der Waals surface area contributed by atoms with E-state index in [-0.39, 0.29) is 6.54 Å². The van der Waals surface area contributed by atoms with Crippen molar-refractivity contribution in [2.45, 2.75) is 85.8 Å². The molecule has 1 aromatic heterocycles. The smallest absolute Gasteiger partial charge is 0.187 e. The van der Waals surface area contributed by atoms with E-state index >= 15 is 0 Å². The van der Waals surface area contributed by atoms with Crippen LogP contribution in [0.1, 0.15) is 0 Å². The lowest BCUT2D eigenvalue weighted by Crippen LogP contribution is -2.65. The molecule has 2 saturated heterocycles. The SMILES string of the molecule is OC[C@@H](O)[C@@H](O[C@@H]1O[C@H](CO)[C@H](O[C@H]2O[C@H](CO)[C@H](O)[C@H](O)[C@H]2O)[C@H](O)[C@H]1O)[C@H](O)[C@@H](O)CNc1ccccn1. The molecule has 0 spiro atoms. The molecule has 3 heterocycles. The molecule has 0 radical (unpaired) electrons. The van der Waals surface area contributed by atoms with Crippen molar-refractivity contribution in [2.75, 3.05) is 31.7 Å². The number of anilines is 1. The lowest BCUT2D eigenvalue weighted by atomic mass is 9.96. The molecule has 0 unspecified atom stereocenters. The first kappa shape index (κ1) is 32.9. The van der Waals surface area contributed by atoms with Gasteiger partial charge < -0.3 is 80.4 Å². The largest absolute Gasteiger partial charge is 0.394 e. The number of aliphatic hydroxyl groups excluding tert-OH is 11. The first-order valence-electron chi connectivity index (χ1n) is 12.6. The minimum Gasteiger partial charge on any atom is -0.394 e. The molecule has 17 heteroatoms. The van der Waals surface area contributed by atoms with Crippen LogP contribution in [0.5, 0.6) is 0 Å². The third-order valence-electron chi connectivity index (χ3n) is 6.71. The molecule has 2 fully saturated rings. The molecule has 2 aliphatic heterocycles. The molecule has 14 atom stereocenters. The van der Waals surface area contributed by atoms with Crippen LogP contribution in [0.25, 0.3) is 0 Å². The Morgan fingerprint density at radius 3 is 2.05 bits per heavy atom. The zero-order chi connectivity index (χ0) is 29.6. The molecule has 40 heavy (non-hydrogen) atoms. The number of ether oxygens (including phenoxy) is 4. The van der Waals surface area contributed by atoms with E-state index in [1.165, 1.54) is 6.20 Å². The number of rotatable bonds is 13. The third-order valence-corrected chi connectivity index (χ3v) is 6.71. The molecule has 230 valence electrons. The fourth-order valence-corrected chi connectivity index (χ4v) is 4.34. The molecule has 0 aliphatic carbocycles. The lowest BCUT2D eigenvalue weighted by Gasteiger charge is -2.46. The summed E-state index contributed by atoms with van der Waals surface area (Å²) in [6, 6.07) is 4.95. The van der Waals surface area contributed by atoms with Crippen molar-refractivity contribution < 1.29 is 75.1 Å². The Morgan fingerprint density at radius 1 is 0.800 bits per heavy atom. The molecule has 0 saturated carbocycles. The van der Waals surface area contributed by atoms with Crippen LogP contribution in [-0.4, -0.2) is 173 Å². The van der Waals surface area contributed by atoms with Crippen molar-refractivity contribution in [3.8, 4) is 0 Å². The highest BCUT2D eigenvalue weighted by Crippen LogP contribution is 2.30. The van der Waals surface area contributed by atoms with Crippen LogP contribution in [0.15, 0.2) is 24.4 Å². The molecule has 17 nitrogen and oxygen atoms in total. The van der Waals surface area contributed by atoms with Gasteiger partial charge in [-0.1, -0.05) is 6.07 Å². The van der Waals surface area contributed by atoms with E-state index in [0.717, 1.165) is 0 Å². The number of hydrogen-bond donors (Lipinski definition) is 12. The molecule has 0 amide bonds. The van der Waals surface area contributed by atoms with E-state index in [0.29, 0.717) is 5.82 Å². The second-order valence-corrected chi connectivity index (χ2v) is 9.51. The highest BCUT2D eigenvalue weighted by Gasteiger charge is 2.51. The lowest BCUT2D eigenvalue weighted by molar-refractivity contribution is -0.367. The van der Waals surface area contributed by atoms with Gasteiger partial charge in [0.15, 0.2) is 12.6 Å². The summed E-state index contributed by atoms with van der Waals surface area (Å²) in [5.41, 5.74) is 0. The minimum atomic E-state index is -1.97. The van der Waals surface area contributed by atoms with Gasteiger partial charge in [-0.25, -0.2) is 4.98 Å². The average Bonchev–Trinajstić information content (AvgIpc) is 2.97. The van der Waals surface area contributed by atoms with Gasteiger partial charge in [-0.05, 0) is 12.1 Å². The fourth-order valence-electron chi connectivity index (χ4n) is 4.34. The molecule has 3 rings (SSSR count). The van der Waals surface area contributed by atoms with Gasteiger partial charge in [-0.3, -0.25) is 0 Å². The summed E-state index contributed by atoms with van der Waals surface area (Å²) in [5.74, 6) is 0.374. The van der Waals surface area contributed by atoms with E-state index in [4.69, 9.17) is 18.9 Å².